The second kappa shape index (κ2) is 18.0. The first-order chi connectivity index (χ1) is 16.1. The summed E-state index contributed by atoms with van der Waals surface area (Å²) < 4.78 is 35.4. The number of phosphoric ester groups is 1. The van der Waals surface area contributed by atoms with Gasteiger partial charge in [-0.3, -0.25) is 9.05 Å². The van der Waals surface area contributed by atoms with Gasteiger partial charge in [-0.2, -0.15) is 4.57 Å². The van der Waals surface area contributed by atoms with Crippen LogP contribution in [0.1, 0.15) is 96.8 Å². The number of hydrogen-bond acceptors (Lipinski definition) is 6. The fourth-order valence-electron chi connectivity index (χ4n) is 3.94. The van der Waals surface area contributed by atoms with Crippen LogP contribution in [0.25, 0.3) is 0 Å². The van der Waals surface area contributed by atoms with Crippen molar-refractivity contribution in [2.24, 2.45) is 0 Å². The highest BCUT2D eigenvalue weighted by Crippen LogP contribution is 2.43. The zero-order valence-electron chi connectivity index (χ0n) is 20.4. The van der Waals surface area contributed by atoms with E-state index in [-0.39, 0.29) is 25.6 Å². The summed E-state index contributed by atoms with van der Waals surface area (Å²) in [7, 11) is -4.08. The van der Waals surface area contributed by atoms with Crippen LogP contribution >= 0.6 is 19.2 Å². The standard InChI is InChI=1S/C24H44NO6PS/c1-2-3-4-5-6-7-8-9-10-11-12-13-14-15-24-28-20-23(31-24)21-30-32(26,27)29-18-16-25-17-19-33-22-25/h17,19,22-24H,2-16,18,20-21H2,1H3/p+1/t23-,24+/m1/s1. The summed E-state index contributed by atoms with van der Waals surface area (Å²) in [5.74, 6) is 0. The minimum Gasteiger partial charge on any atom is -0.350 e. The minimum absolute atomic E-state index is 0.00548. The molecule has 33 heavy (non-hydrogen) atoms. The molecule has 1 N–H and O–H groups in total. The lowest BCUT2D eigenvalue weighted by Crippen LogP contribution is -2.32. The normalized spacial score (nSPS) is 20.3. The molecule has 3 atom stereocenters. The molecule has 1 unspecified atom stereocenters. The third-order valence-electron chi connectivity index (χ3n) is 5.91. The summed E-state index contributed by atoms with van der Waals surface area (Å²) in [6.45, 7) is 3.26. The van der Waals surface area contributed by atoms with Crippen LogP contribution in [0, 0.1) is 0 Å². The smallest absolute Gasteiger partial charge is 0.350 e. The molecule has 2 heterocycles. The van der Waals surface area contributed by atoms with E-state index in [0.717, 1.165) is 12.8 Å². The molecule has 2 rings (SSSR count). The lowest BCUT2D eigenvalue weighted by atomic mass is 10.0. The summed E-state index contributed by atoms with van der Waals surface area (Å²) in [5, 5.41) is 1.93. The molecule has 1 fully saturated rings. The molecule has 0 aromatic carbocycles. The number of hydrogen-bond donors (Lipinski definition) is 1. The summed E-state index contributed by atoms with van der Waals surface area (Å²) in [5.41, 5.74) is 1.91. The number of nitrogens with zero attached hydrogens (tertiary/aromatic N) is 1. The maximum Gasteiger partial charge on any atom is 0.472 e. The average Bonchev–Trinajstić information content (AvgIpc) is 3.48. The van der Waals surface area contributed by atoms with Gasteiger partial charge in [0.25, 0.3) is 0 Å². The van der Waals surface area contributed by atoms with Gasteiger partial charge < -0.3 is 14.4 Å². The topological polar surface area (TPSA) is 78.1 Å². The predicted molar refractivity (Wildman–Crippen MR) is 131 cm³/mol. The van der Waals surface area contributed by atoms with Gasteiger partial charge in [-0.15, -0.1) is 0 Å². The van der Waals surface area contributed by atoms with Gasteiger partial charge in [-0.1, -0.05) is 95.3 Å². The quantitative estimate of drug-likeness (QED) is 0.118. The van der Waals surface area contributed by atoms with E-state index in [4.69, 9.17) is 18.5 Å². The van der Waals surface area contributed by atoms with Gasteiger partial charge in [-0.05, 0) is 12.8 Å². The van der Waals surface area contributed by atoms with Crippen LogP contribution < -0.4 is 4.57 Å². The Morgan fingerprint density at radius 1 is 1.00 bits per heavy atom. The lowest BCUT2D eigenvalue weighted by molar-refractivity contribution is -0.693. The van der Waals surface area contributed by atoms with Crippen LogP contribution in [-0.4, -0.2) is 37.1 Å². The summed E-state index contributed by atoms with van der Waals surface area (Å²) in [6, 6.07) is 0. The highest BCUT2D eigenvalue weighted by Gasteiger charge is 2.30. The van der Waals surface area contributed by atoms with E-state index in [2.05, 4.69) is 6.92 Å². The number of unbranched alkanes of at least 4 members (excludes halogenated alkanes) is 12. The molecular weight excluding hydrogens is 461 g/mol. The van der Waals surface area contributed by atoms with E-state index in [1.807, 2.05) is 21.7 Å². The zero-order valence-corrected chi connectivity index (χ0v) is 22.1. The summed E-state index contributed by atoms with van der Waals surface area (Å²) in [6.07, 6.45) is 19.5. The molecule has 0 radical (unpaired) electrons. The first-order valence-electron chi connectivity index (χ1n) is 12.9. The van der Waals surface area contributed by atoms with Crippen LogP contribution in [0.2, 0.25) is 0 Å². The Kier molecular flexibility index (Phi) is 15.8. The third-order valence-corrected chi connectivity index (χ3v) is 7.57. The van der Waals surface area contributed by atoms with Crippen LogP contribution in [0.5, 0.6) is 0 Å². The van der Waals surface area contributed by atoms with Crippen LogP contribution in [-0.2, 0) is 29.6 Å². The van der Waals surface area contributed by atoms with Gasteiger partial charge in [0, 0.05) is 0 Å². The fraction of sp³-hybridized carbons (Fsp3) is 0.875. The van der Waals surface area contributed by atoms with E-state index in [1.165, 1.54) is 77.0 Å². The summed E-state index contributed by atoms with van der Waals surface area (Å²) >= 11 is 1.55. The molecule has 0 amide bonds. The molecule has 9 heteroatoms. The molecule has 192 valence electrons. The van der Waals surface area contributed by atoms with Gasteiger partial charge in [0.05, 0.1) is 18.6 Å². The van der Waals surface area contributed by atoms with Gasteiger partial charge >= 0.3 is 7.82 Å². The highest BCUT2D eigenvalue weighted by atomic mass is 32.1. The molecular formula is C24H45NO6PS+. The van der Waals surface area contributed by atoms with Crippen molar-refractivity contribution in [3.63, 3.8) is 0 Å². The monoisotopic (exact) mass is 506 g/mol. The molecule has 7 nitrogen and oxygen atoms in total. The van der Waals surface area contributed by atoms with Crippen molar-refractivity contribution >= 4 is 19.2 Å². The van der Waals surface area contributed by atoms with E-state index >= 15 is 0 Å². The first-order valence-corrected chi connectivity index (χ1v) is 15.3. The van der Waals surface area contributed by atoms with Crippen LogP contribution in [0.4, 0.5) is 0 Å². The van der Waals surface area contributed by atoms with Crippen molar-refractivity contribution in [2.45, 2.75) is 116 Å². The Bertz CT molecular complexity index is 632. The Morgan fingerprint density at radius 2 is 1.64 bits per heavy atom. The number of rotatable bonds is 21. The molecule has 0 bridgehead atoms. The van der Waals surface area contributed by atoms with E-state index in [0.29, 0.717) is 13.2 Å². The van der Waals surface area contributed by atoms with E-state index in [9.17, 15) is 9.46 Å². The van der Waals surface area contributed by atoms with Crippen molar-refractivity contribution in [3.8, 4) is 0 Å². The maximum absolute atomic E-state index is 12.0. The third kappa shape index (κ3) is 14.6. The molecule has 1 aliphatic rings. The van der Waals surface area contributed by atoms with Crippen molar-refractivity contribution in [1.82, 2.24) is 0 Å². The SMILES string of the molecule is CCCCCCCCCCCCCCC[C@H]1OC[C@H](COP(=O)(O)OCC[n+]2ccsc2)O1. The predicted octanol–water partition coefficient (Wildman–Crippen LogP) is 6.39. The number of ether oxygens (including phenoxy) is 2. The van der Waals surface area contributed by atoms with E-state index in [1.54, 1.807) is 11.3 Å². The minimum atomic E-state index is -4.08. The van der Waals surface area contributed by atoms with Gasteiger partial charge in [0.1, 0.15) is 12.7 Å². The first kappa shape index (κ1) is 28.9. The van der Waals surface area contributed by atoms with Crippen molar-refractivity contribution in [1.29, 1.82) is 0 Å². The number of phosphoric acid groups is 1. The largest absolute Gasteiger partial charge is 0.472 e. The average molecular weight is 507 g/mol. The number of aromatic nitrogens is 1. The Hall–Kier alpha value is -0.340. The van der Waals surface area contributed by atoms with Crippen LogP contribution in [0.15, 0.2) is 17.1 Å². The number of thiazole rings is 1. The Labute approximate surface area is 204 Å². The Balaban J connectivity index is 1.38. The Morgan fingerprint density at radius 3 is 2.24 bits per heavy atom. The van der Waals surface area contributed by atoms with Gasteiger partial charge in [0.15, 0.2) is 19.0 Å². The van der Waals surface area contributed by atoms with Gasteiger partial charge in [0.2, 0.25) is 5.51 Å². The van der Waals surface area contributed by atoms with Crippen molar-refractivity contribution in [2.75, 3.05) is 19.8 Å². The second-order valence-corrected chi connectivity index (χ2v) is 11.1. The molecule has 0 aliphatic carbocycles. The van der Waals surface area contributed by atoms with E-state index < -0.39 is 7.82 Å². The summed E-state index contributed by atoms with van der Waals surface area (Å²) in [4.78, 5) is 9.81. The van der Waals surface area contributed by atoms with Crippen molar-refractivity contribution in [3.05, 3.63) is 17.1 Å². The highest BCUT2D eigenvalue weighted by molar-refractivity contribution is 7.47. The molecule has 0 spiro atoms. The molecule has 1 saturated heterocycles. The fourth-order valence-corrected chi connectivity index (χ4v) is 5.31. The molecule has 1 aromatic heterocycles. The van der Waals surface area contributed by atoms with Crippen molar-refractivity contribution < 1.29 is 32.5 Å². The van der Waals surface area contributed by atoms with Gasteiger partial charge in [-0.25, -0.2) is 4.57 Å². The molecule has 0 saturated carbocycles. The maximum atomic E-state index is 12.0. The zero-order chi connectivity index (χ0) is 23.6. The second-order valence-electron chi connectivity index (χ2n) is 8.91. The molecule has 1 aromatic rings. The lowest BCUT2D eigenvalue weighted by Gasteiger charge is -2.14. The molecule has 1 aliphatic heterocycles. The van der Waals surface area contributed by atoms with Crippen LogP contribution in [0.3, 0.4) is 0 Å².